The van der Waals surface area contributed by atoms with Crippen molar-refractivity contribution >= 4 is 29.0 Å². The molecule has 0 saturated carbocycles. The van der Waals surface area contributed by atoms with E-state index in [1.165, 1.54) is 0 Å². The largest absolute Gasteiger partial charge is 0.298 e. The van der Waals surface area contributed by atoms with Gasteiger partial charge in [0.25, 0.3) is 0 Å². The van der Waals surface area contributed by atoms with E-state index >= 15 is 0 Å². The summed E-state index contributed by atoms with van der Waals surface area (Å²) in [5, 5.41) is 1.43. The van der Waals surface area contributed by atoms with E-state index in [0.29, 0.717) is 22.9 Å². The van der Waals surface area contributed by atoms with Crippen molar-refractivity contribution in [3.63, 3.8) is 0 Å². The molecule has 0 aliphatic carbocycles. The molecule has 2 rings (SSSR count). The predicted octanol–water partition coefficient (Wildman–Crippen LogP) is 6.40. The molecule has 0 unspecified atom stereocenters. The highest BCUT2D eigenvalue weighted by Gasteiger charge is 2.39. The number of carbonyl (C=O) groups excluding carboxylic acids is 1. The minimum atomic E-state index is -0.441. The summed E-state index contributed by atoms with van der Waals surface area (Å²) in [6.07, 6.45) is 1.40. The van der Waals surface area contributed by atoms with Crippen LogP contribution < -0.4 is 0 Å². The molecule has 0 radical (unpaired) electrons. The van der Waals surface area contributed by atoms with E-state index in [1.54, 1.807) is 0 Å². The summed E-state index contributed by atoms with van der Waals surface area (Å²) in [5.41, 5.74) is 1.37. The van der Waals surface area contributed by atoms with Crippen LogP contribution >= 0.6 is 23.2 Å². The third kappa shape index (κ3) is 4.84. The lowest BCUT2D eigenvalue weighted by Crippen LogP contribution is -2.39. The lowest BCUT2D eigenvalue weighted by atomic mass is 9.68. The van der Waals surface area contributed by atoms with Gasteiger partial charge in [0, 0.05) is 20.9 Å². The number of Topliss-reactive ketones (excluding diaryl/α,β-unsaturated/α-hetero) is 1. The van der Waals surface area contributed by atoms with Crippen LogP contribution in [0.2, 0.25) is 10.0 Å². The highest BCUT2D eigenvalue weighted by molar-refractivity contribution is 6.30. The lowest BCUT2D eigenvalue weighted by molar-refractivity contribution is -0.135. The van der Waals surface area contributed by atoms with Crippen molar-refractivity contribution in [1.29, 1.82) is 0 Å². The first kappa shape index (κ1) is 19.0. The zero-order chi connectivity index (χ0) is 18.0. The monoisotopic (exact) mass is 362 g/mol. The van der Waals surface area contributed by atoms with E-state index in [2.05, 4.69) is 0 Å². The van der Waals surface area contributed by atoms with E-state index in [1.807, 2.05) is 76.2 Å². The zero-order valence-corrected chi connectivity index (χ0v) is 16.2. The van der Waals surface area contributed by atoms with E-state index < -0.39 is 10.8 Å². The molecule has 0 spiro atoms. The fourth-order valence-electron chi connectivity index (χ4n) is 3.30. The minimum Gasteiger partial charge on any atom is -0.298 e. The maximum atomic E-state index is 13.2. The first-order valence-corrected chi connectivity index (χ1v) is 8.89. The van der Waals surface area contributed by atoms with Crippen molar-refractivity contribution in [2.75, 3.05) is 0 Å². The average Bonchev–Trinajstić information content (AvgIpc) is 2.51. The summed E-state index contributed by atoms with van der Waals surface area (Å²) in [7, 11) is 0. The quantitative estimate of drug-likeness (QED) is 0.580. The summed E-state index contributed by atoms with van der Waals surface area (Å²) in [4.78, 5) is 13.2. The van der Waals surface area contributed by atoms with Crippen LogP contribution in [0.25, 0.3) is 0 Å². The molecular weight excluding hydrogens is 339 g/mol. The number of hydrogen-bond acceptors (Lipinski definition) is 1. The molecule has 0 bridgehead atoms. The average molecular weight is 363 g/mol. The molecule has 0 saturated heterocycles. The van der Waals surface area contributed by atoms with Crippen LogP contribution in [0.5, 0.6) is 0 Å². The Hall–Kier alpha value is -1.31. The second kappa shape index (κ2) is 7.29. The van der Waals surface area contributed by atoms with Gasteiger partial charge in [-0.2, -0.15) is 0 Å². The van der Waals surface area contributed by atoms with E-state index in [9.17, 15) is 4.79 Å². The van der Waals surface area contributed by atoms with Crippen molar-refractivity contribution < 1.29 is 4.79 Å². The molecule has 0 atom stereocenters. The first-order valence-electron chi connectivity index (χ1n) is 8.14. The predicted molar refractivity (Wildman–Crippen MR) is 103 cm³/mol. The fourth-order valence-corrected chi connectivity index (χ4v) is 3.55. The lowest BCUT2D eigenvalue weighted by Gasteiger charge is -2.33. The van der Waals surface area contributed by atoms with Gasteiger partial charge in [-0.25, -0.2) is 0 Å². The number of rotatable bonds is 6. The second-order valence-electron chi connectivity index (χ2n) is 7.70. The van der Waals surface area contributed by atoms with E-state index in [4.69, 9.17) is 23.2 Å². The molecule has 128 valence electrons. The van der Waals surface area contributed by atoms with Crippen LogP contribution in [0.4, 0.5) is 0 Å². The molecule has 2 aromatic rings. The topological polar surface area (TPSA) is 17.1 Å². The van der Waals surface area contributed by atoms with Crippen LogP contribution in [0, 0.1) is 10.8 Å². The van der Waals surface area contributed by atoms with Crippen molar-refractivity contribution in [2.45, 2.75) is 40.5 Å². The number of ketones is 1. The SMILES string of the molecule is CC(C)(Cc1ccc(Cl)cc1)C(=O)C(C)(C)Cc1ccc(Cl)cc1. The van der Waals surface area contributed by atoms with Crippen molar-refractivity contribution in [3.8, 4) is 0 Å². The van der Waals surface area contributed by atoms with Crippen molar-refractivity contribution in [1.82, 2.24) is 0 Å². The molecule has 0 aromatic heterocycles. The van der Waals surface area contributed by atoms with Gasteiger partial charge in [-0.3, -0.25) is 4.79 Å². The molecule has 0 aliphatic heterocycles. The highest BCUT2D eigenvalue weighted by atomic mass is 35.5. The Bertz CT molecular complexity index is 636. The number of hydrogen-bond donors (Lipinski definition) is 0. The molecule has 0 N–H and O–H groups in total. The van der Waals surface area contributed by atoms with Gasteiger partial charge in [-0.05, 0) is 48.2 Å². The molecule has 0 heterocycles. The standard InChI is InChI=1S/C21H24Cl2O/c1-20(2,13-15-5-9-17(22)10-6-15)19(24)21(3,4)14-16-7-11-18(23)12-8-16/h5-12H,13-14H2,1-4H3. The summed E-state index contributed by atoms with van der Waals surface area (Å²) in [6, 6.07) is 15.4. The molecule has 0 fully saturated rings. The summed E-state index contributed by atoms with van der Waals surface area (Å²) >= 11 is 11.9. The summed E-state index contributed by atoms with van der Waals surface area (Å²) < 4.78 is 0. The Kier molecular flexibility index (Phi) is 5.78. The van der Waals surface area contributed by atoms with Gasteiger partial charge in [-0.1, -0.05) is 75.2 Å². The smallest absolute Gasteiger partial charge is 0.144 e. The Morgan fingerprint density at radius 1 is 0.708 bits per heavy atom. The first-order chi connectivity index (χ1) is 11.1. The molecule has 3 heteroatoms. The molecule has 2 aromatic carbocycles. The number of halogens is 2. The molecule has 1 nitrogen and oxygen atoms in total. The van der Waals surface area contributed by atoms with Gasteiger partial charge in [0.15, 0.2) is 0 Å². The second-order valence-corrected chi connectivity index (χ2v) is 8.58. The third-order valence-electron chi connectivity index (χ3n) is 4.35. The zero-order valence-electron chi connectivity index (χ0n) is 14.7. The van der Waals surface area contributed by atoms with Crippen molar-refractivity contribution in [3.05, 3.63) is 69.7 Å². The summed E-state index contributed by atoms with van der Waals surface area (Å²) in [6.45, 7) is 8.09. The highest BCUT2D eigenvalue weighted by Crippen LogP contribution is 2.35. The maximum absolute atomic E-state index is 13.2. The molecule has 24 heavy (non-hydrogen) atoms. The van der Waals surface area contributed by atoms with Gasteiger partial charge >= 0.3 is 0 Å². The van der Waals surface area contributed by atoms with Crippen LogP contribution in [0.1, 0.15) is 38.8 Å². The summed E-state index contributed by atoms with van der Waals surface area (Å²) in [5.74, 6) is 0.264. The Labute approximate surface area is 155 Å². The number of benzene rings is 2. The third-order valence-corrected chi connectivity index (χ3v) is 4.85. The Morgan fingerprint density at radius 2 is 1.00 bits per heavy atom. The molecular formula is C21H24Cl2O. The van der Waals surface area contributed by atoms with Crippen LogP contribution in [0.3, 0.4) is 0 Å². The van der Waals surface area contributed by atoms with E-state index in [0.717, 1.165) is 11.1 Å². The van der Waals surface area contributed by atoms with Crippen LogP contribution in [-0.2, 0) is 17.6 Å². The van der Waals surface area contributed by atoms with Crippen LogP contribution in [0.15, 0.2) is 48.5 Å². The van der Waals surface area contributed by atoms with Gasteiger partial charge in [0.05, 0.1) is 0 Å². The number of carbonyl (C=O) groups is 1. The minimum absolute atomic E-state index is 0.264. The Morgan fingerprint density at radius 3 is 1.29 bits per heavy atom. The van der Waals surface area contributed by atoms with Crippen LogP contribution in [-0.4, -0.2) is 5.78 Å². The van der Waals surface area contributed by atoms with Gasteiger partial charge in [0.1, 0.15) is 5.78 Å². The molecule has 0 aliphatic rings. The molecule has 0 amide bonds. The van der Waals surface area contributed by atoms with E-state index in [-0.39, 0.29) is 5.78 Å². The van der Waals surface area contributed by atoms with Gasteiger partial charge in [0.2, 0.25) is 0 Å². The van der Waals surface area contributed by atoms with Gasteiger partial charge in [-0.15, -0.1) is 0 Å². The maximum Gasteiger partial charge on any atom is 0.144 e. The Balaban J connectivity index is 2.14. The normalized spacial score (nSPS) is 12.2. The van der Waals surface area contributed by atoms with Crippen molar-refractivity contribution in [2.24, 2.45) is 10.8 Å². The fraction of sp³-hybridized carbons (Fsp3) is 0.381. The van der Waals surface area contributed by atoms with Gasteiger partial charge < -0.3 is 0 Å².